The SMILES string of the molecule is CCN(CC)S(=O)(=O)c1ccc(OCC(=O)N[C@@H]2CCCc3ccccc32)cc1. The van der Waals surface area contributed by atoms with Crippen LogP contribution in [0.4, 0.5) is 0 Å². The van der Waals surface area contributed by atoms with Crippen LogP contribution in [0, 0.1) is 0 Å². The zero-order chi connectivity index (χ0) is 20.9. The summed E-state index contributed by atoms with van der Waals surface area (Å²) in [6, 6.07) is 14.4. The van der Waals surface area contributed by atoms with E-state index in [4.69, 9.17) is 4.74 Å². The first-order valence-corrected chi connectivity index (χ1v) is 11.5. The lowest BCUT2D eigenvalue weighted by Crippen LogP contribution is -2.34. The molecule has 0 aromatic heterocycles. The Hall–Kier alpha value is -2.38. The number of rotatable bonds is 8. The highest BCUT2D eigenvalue weighted by atomic mass is 32.2. The topological polar surface area (TPSA) is 75.7 Å². The van der Waals surface area contributed by atoms with Crippen molar-refractivity contribution in [2.45, 2.75) is 44.0 Å². The number of hydrogen-bond donors (Lipinski definition) is 1. The minimum Gasteiger partial charge on any atom is -0.484 e. The first-order chi connectivity index (χ1) is 14.0. The number of benzene rings is 2. The van der Waals surface area contributed by atoms with Crippen molar-refractivity contribution >= 4 is 15.9 Å². The van der Waals surface area contributed by atoms with Crippen LogP contribution in [0.2, 0.25) is 0 Å². The first kappa shape index (κ1) is 21.3. The zero-order valence-corrected chi connectivity index (χ0v) is 17.7. The van der Waals surface area contributed by atoms with Gasteiger partial charge in [0, 0.05) is 13.1 Å². The third kappa shape index (κ3) is 4.97. The molecule has 1 N–H and O–H groups in total. The van der Waals surface area contributed by atoms with E-state index in [9.17, 15) is 13.2 Å². The van der Waals surface area contributed by atoms with Gasteiger partial charge in [-0.15, -0.1) is 0 Å². The van der Waals surface area contributed by atoms with Gasteiger partial charge in [-0.25, -0.2) is 8.42 Å². The molecule has 0 saturated carbocycles. The van der Waals surface area contributed by atoms with Gasteiger partial charge in [-0.2, -0.15) is 4.31 Å². The van der Waals surface area contributed by atoms with Crippen molar-refractivity contribution < 1.29 is 17.9 Å². The average molecular weight is 417 g/mol. The number of aryl methyl sites for hydroxylation is 1. The summed E-state index contributed by atoms with van der Waals surface area (Å²) in [5.41, 5.74) is 2.47. The predicted octanol–water partition coefficient (Wildman–Crippen LogP) is 3.29. The number of nitrogens with one attached hydrogen (secondary N) is 1. The smallest absolute Gasteiger partial charge is 0.258 e. The molecule has 29 heavy (non-hydrogen) atoms. The Balaban J connectivity index is 1.58. The van der Waals surface area contributed by atoms with E-state index in [1.54, 1.807) is 12.1 Å². The van der Waals surface area contributed by atoms with Crippen molar-refractivity contribution in [3.8, 4) is 5.75 Å². The lowest BCUT2D eigenvalue weighted by Gasteiger charge is -2.26. The van der Waals surface area contributed by atoms with Gasteiger partial charge in [0.2, 0.25) is 10.0 Å². The molecule has 0 heterocycles. The van der Waals surface area contributed by atoms with Gasteiger partial charge in [0.25, 0.3) is 5.91 Å². The predicted molar refractivity (Wildman–Crippen MR) is 112 cm³/mol. The fourth-order valence-corrected chi connectivity index (χ4v) is 5.17. The summed E-state index contributed by atoms with van der Waals surface area (Å²) in [5, 5.41) is 3.04. The van der Waals surface area contributed by atoms with Crippen LogP contribution < -0.4 is 10.1 Å². The maximum atomic E-state index is 12.5. The van der Waals surface area contributed by atoms with Crippen molar-refractivity contribution in [1.29, 1.82) is 0 Å². The zero-order valence-electron chi connectivity index (χ0n) is 16.9. The Labute approximate surface area is 172 Å². The van der Waals surface area contributed by atoms with Crippen molar-refractivity contribution in [2.75, 3.05) is 19.7 Å². The molecule has 0 unspecified atom stereocenters. The van der Waals surface area contributed by atoms with Crippen LogP contribution in [-0.4, -0.2) is 38.3 Å². The molecule has 0 radical (unpaired) electrons. The van der Waals surface area contributed by atoms with E-state index < -0.39 is 10.0 Å². The van der Waals surface area contributed by atoms with Crippen LogP contribution in [0.25, 0.3) is 0 Å². The van der Waals surface area contributed by atoms with Crippen LogP contribution in [0.5, 0.6) is 5.75 Å². The van der Waals surface area contributed by atoms with Gasteiger partial charge in [-0.3, -0.25) is 4.79 Å². The Morgan fingerprint density at radius 3 is 2.48 bits per heavy atom. The van der Waals surface area contributed by atoms with Crippen molar-refractivity contribution in [2.24, 2.45) is 0 Å². The average Bonchev–Trinajstić information content (AvgIpc) is 2.73. The van der Waals surface area contributed by atoms with Crippen LogP contribution in [-0.2, 0) is 21.2 Å². The largest absolute Gasteiger partial charge is 0.484 e. The van der Waals surface area contributed by atoms with E-state index in [0.717, 1.165) is 19.3 Å². The van der Waals surface area contributed by atoms with E-state index in [2.05, 4.69) is 17.4 Å². The van der Waals surface area contributed by atoms with Crippen molar-refractivity contribution in [3.05, 3.63) is 59.7 Å². The number of hydrogen-bond acceptors (Lipinski definition) is 4. The first-order valence-electron chi connectivity index (χ1n) is 10.1. The maximum Gasteiger partial charge on any atom is 0.258 e. The van der Waals surface area contributed by atoms with Crippen LogP contribution >= 0.6 is 0 Å². The summed E-state index contributed by atoms with van der Waals surface area (Å²) < 4.78 is 32.0. The summed E-state index contributed by atoms with van der Waals surface area (Å²) >= 11 is 0. The number of nitrogens with zero attached hydrogens (tertiary/aromatic N) is 1. The molecule has 3 rings (SSSR count). The fraction of sp³-hybridized carbons (Fsp3) is 0.409. The summed E-state index contributed by atoms with van der Waals surface area (Å²) in [6.45, 7) is 4.34. The Morgan fingerprint density at radius 1 is 1.10 bits per heavy atom. The fourth-order valence-electron chi connectivity index (χ4n) is 3.71. The molecule has 1 amide bonds. The van der Waals surface area contributed by atoms with Crippen LogP contribution in [0.1, 0.15) is 43.9 Å². The van der Waals surface area contributed by atoms with E-state index in [1.165, 1.54) is 27.6 Å². The molecule has 1 aliphatic carbocycles. The number of sulfonamides is 1. The number of ether oxygens (including phenoxy) is 1. The van der Waals surface area contributed by atoms with Gasteiger partial charge in [-0.05, 0) is 54.7 Å². The third-order valence-corrected chi connectivity index (χ3v) is 7.31. The van der Waals surface area contributed by atoms with Gasteiger partial charge in [0.1, 0.15) is 5.75 Å². The third-order valence-electron chi connectivity index (χ3n) is 5.24. The normalized spacial score (nSPS) is 16.3. The standard InChI is InChI=1S/C22H28N2O4S/c1-3-24(4-2)29(26,27)19-14-12-18(13-15-19)28-16-22(25)23-21-11-7-9-17-8-5-6-10-20(17)21/h5-6,8,10,12-15,21H,3-4,7,9,11,16H2,1-2H3,(H,23,25)/t21-/m1/s1. The summed E-state index contributed by atoms with van der Waals surface area (Å²) in [6.07, 6.45) is 3.01. The molecular formula is C22H28N2O4S. The molecule has 6 nitrogen and oxygen atoms in total. The monoisotopic (exact) mass is 416 g/mol. The molecule has 0 spiro atoms. The van der Waals surface area contributed by atoms with Gasteiger partial charge in [-0.1, -0.05) is 38.1 Å². The van der Waals surface area contributed by atoms with E-state index in [0.29, 0.717) is 18.8 Å². The molecule has 0 fully saturated rings. The van der Waals surface area contributed by atoms with Crippen LogP contribution in [0.3, 0.4) is 0 Å². The summed E-state index contributed by atoms with van der Waals surface area (Å²) in [4.78, 5) is 12.6. The van der Waals surface area contributed by atoms with Crippen molar-refractivity contribution in [1.82, 2.24) is 9.62 Å². The number of fused-ring (bicyclic) bond motifs is 1. The van der Waals surface area contributed by atoms with Crippen LogP contribution in [0.15, 0.2) is 53.4 Å². The maximum absolute atomic E-state index is 12.5. The van der Waals surface area contributed by atoms with E-state index in [1.807, 2.05) is 26.0 Å². The molecule has 1 aliphatic rings. The molecule has 156 valence electrons. The molecule has 0 bridgehead atoms. The molecule has 0 saturated heterocycles. The number of amides is 1. The quantitative estimate of drug-likeness (QED) is 0.717. The minimum absolute atomic E-state index is 0.0117. The molecule has 2 aromatic rings. The van der Waals surface area contributed by atoms with Gasteiger partial charge in [0.15, 0.2) is 6.61 Å². The van der Waals surface area contributed by atoms with Crippen molar-refractivity contribution in [3.63, 3.8) is 0 Å². The Kier molecular flexibility index (Phi) is 6.92. The molecular weight excluding hydrogens is 388 g/mol. The summed E-state index contributed by atoms with van der Waals surface area (Å²) in [5.74, 6) is 0.272. The molecule has 7 heteroatoms. The highest BCUT2D eigenvalue weighted by molar-refractivity contribution is 7.89. The van der Waals surface area contributed by atoms with Gasteiger partial charge < -0.3 is 10.1 Å². The van der Waals surface area contributed by atoms with Gasteiger partial charge >= 0.3 is 0 Å². The molecule has 2 aromatic carbocycles. The number of carbonyl (C=O) groups excluding carboxylic acids is 1. The second kappa shape index (κ2) is 9.41. The summed E-state index contributed by atoms with van der Waals surface area (Å²) in [7, 11) is -3.50. The molecule has 1 atom stereocenters. The lowest BCUT2D eigenvalue weighted by molar-refractivity contribution is -0.124. The lowest BCUT2D eigenvalue weighted by atomic mass is 9.88. The Morgan fingerprint density at radius 2 is 1.79 bits per heavy atom. The van der Waals surface area contributed by atoms with Gasteiger partial charge in [0.05, 0.1) is 10.9 Å². The van der Waals surface area contributed by atoms with E-state index in [-0.39, 0.29) is 23.5 Å². The number of carbonyl (C=O) groups is 1. The molecule has 0 aliphatic heterocycles. The second-order valence-electron chi connectivity index (χ2n) is 7.06. The second-order valence-corrected chi connectivity index (χ2v) is 9.00. The Bertz CT molecular complexity index is 938. The highest BCUT2D eigenvalue weighted by Crippen LogP contribution is 2.29. The van der Waals surface area contributed by atoms with E-state index >= 15 is 0 Å². The highest BCUT2D eigenvalue weighted by Gasteiger charge is 2.22. The minimum atomic E-state index is -3.50.